The summed E-state index contributed by atoms with van der Waals surface area (Å²) in [7, 11) is 1.60. The van der Waals surface area contributed by atoms with Crippen molar-refractivity contribution in [1.29, 1.82) is 0 Å². The Morgan fingerprint density at radius 2 is 1.89 bits per heavy atom. The number of rotatable bonds is 6. The van der Waals surface area contributed by atoms with Crippen molar-refractivity contribution in [2.75, 3.05) is 7.11 Å². The van der Waals surface area contributed by atoms with Gasteiger partial charge in [0.05, 0.1) is 7.11 Å². The Bertz CT molecular complexity index is 1140. The van der Waals surface area contributed by atoms with E-state index < -0.39 is 5.91 Å². The fourth-order valence-electron chi connectivity index (χ4n) is 2.68. The molecular weight excluding hydrogens is 360 g/mol. The summed E-state index contributed by atoms with van der Waals surface area (Å²) >= 11 is 0. The zero-order valence-corrected chi connectivity index (χ0v) is 15.0. The number of para-hydroxylation sites is 1. The zero-order chi connectivity index (χ0) is 19.5. The number of pyridine rings is 1. The van der Waals surface area contributed by atoms with Gasteiger partial charge in [0, 0.05) is 10.9 Å². The number of nitrogens with two attached hydrogens (primary N) is 1. The zero-order valence-electron chi connectivity index (χ0n) is 15.0. The van der Waals surface area contributed by atoms with E-state index in [-0.39, 0.29) is 12.3 Å². The molecule has 0 saturated heterocycles. The molecule has 0 radical (unpaired) electrons. The van der Waals surface area contributed by atoms with Crippen LogP contribution in [0, 0.1) is 0 Å². The predicted molar refractivity (Wildman–Crippen MR) is 101 cm³/mol. The third-order valence-electron chi connectivity index (χ3n) is 4.10. The Morgan fingerprint density at radius 3 is 2.64 bits per heavy atom. The van der Waals surface area contributed by atoms with E-state index in [2.05, 4.69) is 15.1 Å². The van der Waals surface area contributed by atoms with Crippen molar-refractivity contribution in [2.45, 2.75) is 6.61 Å². The number of primary amides is 1. The number of benzene rings is 2. The fourth-order valence-corrected chi connectivity index (χ4v) is 2.68. The normalized spacial score (nSPS) is 10.8. The molecule has 0 fully saturated rings. The van der Waals surface area contributed by atoms with Gasteiger partial charge in [0.1, 0.15) is 22.7 Å². The topological polar surface area (TPSA) is 113 Å². The SMILES string of the molecule is COc1ccc(-c2noc(COc3cccc4ccc(C(N)=O)nc34)n2)cc1. The Labute approximate surface area is 159 Å². The number of hydrogen-bond donors (Lipinski definition) is 1. The van der Waals surface area contributed by atoms with E-state index in [1.165, 1.54) is 0 Å². The average Bonchev–Trinajstić information content (AvgIpc) is 3.21. The number of ether oxygens (including phenoxy) is 2. The van der Waals surface area contributed by atoms with Crippen molar-refractivity contribution in [3.8, 4) is 22.9 Å². The van der Waals surface area contributed by atoms with Gasteiger partial charge in [0.15, 0.2) is 6.61 Å². The summed E-state index contributed by atoms with van der Waals surface area (Å²) in [6.45, 7) is 0.0603. The lowest BCUT2D eigenvalue weighted by atomic mass is 10.2. The van der Waals surface area contributed by atoms with Crippen molar-refractivity contribution in [1.82, 2.24) is 15.1 Å². The van der Waals surface area contributed by atoms with Crippen LogP contribution in [0.25, 0.3) is 22.3 Å². The maximum atomic E-state index is 11.4. The first-order valence-electron chi connectivity index (χ1n) is 8.43. The number of methoxy groups -OCH3 is 1. The van der Waals surface area contributed by atoms with Crippen LogP contribution in [0.3, 0.4) is 0 Å². The maximum Gasteiger partial charge on any atom is 0.267 e. The third-order valence-corrected chi connectivity index (χ3v) is 4.10. The van der Waals surface area contributed by atoms with E-state index in [0.29, 0.717) is 23.0 Å². The van der Waals surface area contributed by atoms with Gasteiger partial charge in [-0.1, -0.05) is 23.4 Å². The smallest absolute Gasteiger partial charge is 0.267 e. The molecule has 4 rings (SSSR count). The van der Waals surface area contributed by atoms with Gasteiger partial charge in [0.2, 0.25) is 5.82 Å². The number of aromatic nitrogens is 3. The molecule has 0 atom stereocenters. The third kappa shape index (κ3) is 3.48. The molecule has 0 spiro atoms. The lowest BCUT2D eigenvalue weighted by Crippen LogP contribution is -2.12. The molecule has 8 nitrogen and oxygen atoms in total. The van der Waals surface area contributed by atoms with Gasteiger partial charge >= 0.3 is 0 Å². The lowest BCUT2D eigenvalue weighted by Gasteiger charge is -2.07. The molecule has 2 heterocycles. The Balaban J connectivity index is 1.54. The fraction of sp³-hybridized carbons (Fsp3) is 0.100. The highest BCUT2D eigenvalue weighted by molar-refractivity contribution is 5.94. The van der Waals surface area contributed by atoms with E-state index in [4.69, 9.17) is 19.7 Å². The Hall–Kier alpha value is -3.94. The first kappa shape index (κ1) is 17.5. The van der Waals surface area contributed by atoms with Crippen LogP contribution in [0.4, 0.5) is 0 Å². The van der Waals surface area contributed by atoms with Gasteiger partial charge in [-0.3, -0.25) is 4.79 Å². The summed E-state index contributed by atoms with van der Waals surface area (Å²) in [5.41, 5.74) is 6.82. The van der Waals surface area contributed by atoms with Gasteiger partial charge in [0.25, 0.3) is 11.8 Å². The molecule has 28 heavy (non-hydrogen) atoms. The van der Waals surface area contributed by atoms with Crippen LogP contribution >= 0.6 is 0 Å². The van der Waals surface area contributed by atoms with Crippen molar-refractivity contribution in [3.63, 3.8) is 0 Å². The molecule has 1 amide bonds. The molecular formula is C20H16N4O4. The van der Waals surface area contributed by atoms with E-state index in [0.717, 1.165) is 16.7 Å². The molecule has 2 aromatic carbocycles. The van der Waals surface area contributed by atoms with Gasteiger partial charge in [-0.15, -0.1) is 0 Å². The lowest BCUT2D eigenvalue weighted by molar-refractivity contribution is 0.0996. The molecule has 0 aliphatic heterocycles. The van der Waals surface area contributed by atoms with Crippen LogP contribution in [0.1, 0.15) is 16.4 Å². The van der Waals surface area contributed by atoms with Crippen LogP contribution in [0.2, 0.25) is 0 Å². The minimum absolute atomic E-state index is 0.0603. The van der Waals surface area contributed by atoms with E-state index in [1.54, 1.807) is 25.3 Å². The van der Waals surface area contributed by atoms with Crippen LogP contribution in [-0.2, 0) is 6.61 Å². The molecule has 4 aromatic rings. The Kier molecular flexibility index (Phi) is 4.59. The van der Waals surface area contributed by atoms with Crippen LogP contribution in [0.5, 0.6) is 11.5 Å². The van der Waals surface area contributed by atoms with E-state index in [9.17, 15) is 4.79 Å². The molecule has 0 unspecified atom stereocenters. The van der Waals surface area contributed by atoms with Crippen molar-refractivity contribution in [2.24, 2.45) is 5.73 Å². The number of amides is 1. The van der Waals surface area contributed by atoms with Gasteiger partial charge < -0.3 is 19.7 Å². The van der Waals surface area contributed by atoms with Gasteiger partial charge in [-0.2, -0.15) is 4.98 Å². The second kappa shape index (κ2) is 7.36. The molecule has 2 aromatic heterocycles. The molecule has 8 heteroatoms. The summed E-state index contributed by atoms with van der Waals surface area (Å²) in [6, 6.07) is 16.1. The predicted octanol–water partition coefficient (Wildman–Crippen LogP) is 2.97. The first-order chi connectivity index (χ1) is 13.6. The number of nitrogens with zero attached hydrogens (tertiary/aromatic N) is 3. The number of hydrogen-bond acceptors (Lipinski definition) is 7. The quantitative estimate of drug-likeness (QED) is 0.550. The molecule has 0 bridgehead atoms. The second-order valence-electron chi connectivity index (χ2n) is 5.92. The minimum atomic E-state index is -0.599. The van der Waals surface area contributed by atoms with Gasteiger partial charge in [-0.25, -0.2) is 4.98 Å². The summed E-state index contributed by atoms with van der Waals surface area (Å²) in [5.74, 6) is 1.40. The minimum Gasteiger partial charge on any atom is -0.497 e. The first-order valence-corrected chi connectivity index (χ1v) is 8.43. The van der Waals surface area contributed by atoms with E-state index in [1.807, 2.05) is 36.4 Å². The molecule has 0 saturated carbocycles. The summed E-state index contributed by atoms with van der Waals surface area (Å²) in [5, 5.41) is 4.80. The van der Waals surface area contributed by atoms with E-state index >= 15 is 0 Å². The van der Waals surface area contributed by atoms with Crippen molar-refractivity contribution < 1.29 is 18.8 Å². The van der Waals surface area contributed by atoms with Crippen LogP contribution in [-0.4, -0.2) is 28.1 Å². The second-order valence-corrected chi connectivity index (χ2v) is 5.92. The van der Waals surface area contributed by atoms with Crippen molar-refractivity contribution in [3.05, 3.63) is 66.2 Å². The molecule has 2 N–H and O–H groups in total. The van der Waals surface area contributed by atoms with Crippen molar-refractivity contribution >= 4 is 16.8 Å². The van der Waals surface area contributed by atoms with Gasteiger partial charge in [-0.05, 0) is 36.4 Å². The van der Waals surface area contributed by atoms with Crippen LogP contribution in [0.15, 0.2) is 59.1 Å². The Morgan fingerprint density at radius 1 is 1.07 bits per heavy atom. The molecule has 140 valence electrons. The highest BCUT2D eigenvalue weighted by Crippen LogP contribution is 2.25. The largest absolute Gasteiger partial charge is 0.497 e. The highest BCUT2D eigenvalue weighted by Gasteiger charge is 2.12. The summed E-state index contributed by atoms with van der Waals surface area (Å²) in [4.78, 5) is 20.0. The number of carbonyl (C=O) groups excluding carboxylic acids is 1. The maximum absolute atomic E-state index is 11.4. The number of carbonyl (C=O) groups is 1. The standard InChI is InChI=1S/C20H16N4O4/c1-26-14-8-5-13(6-9-14)20-23-17(28-24-20)11-27-16-4-2-3-12-7-10-15(19(21)25)22-18(12)16/h2-10H,11H2,1H3,(H2,21,25). The monoisotopic (exact) mass is 376 g/mol. The molecule has 0 aliphatic rings. The summed E-state index contributed by atoms with van der Waals surface area (Å²) in [6.07, 6.45) is 0. The molecule has 0 aliphatic carbocycles. The number of fused-ring (bicyclic) bond motifs is 1. The highest BCUT2D eigenvalue weighted by atomic mass is 16.5. The average molecular weight is 376 g/mol. The summed E-state index contributed by atoms with van der Waals surface area (Å²) < 4.78 is 16.2. The van der Waals surface area contributed by atoms with Crippen LogP contribution < -0.4 is 15.2 Å².